The van der Waals surface area contributed by atoms with E-state index in [9.17, 15) is 14.4 Å². The molecule has 0 saturated carbocycles. The zero-order chi connectivity index (χ0) is 21.9. The molecule has 160 valence electrons. The molecule has 0 fully saturated rings. The van der Waals surface area contributed by atoms with Gasteiger partial charge in [-0.2, -0.15) is 0 Å². The number of carbonyl (C=O) groups is 3. The van der Waals surface area contributed by atoms with Crippen molar-refractivity contribution in [2.24, 2.45) is 5.92 Å². The van der Waals surface area contributed by atoms with Crippen LogP contribution in [0.5, 0.6) is 0 Å². The summed E-state index contributed by atoms with van der Waals surface area (Å²) >= 11 is 0. The molecule has 0 unspecified atom stereocenters. The van der Waals surface area contributed by atoms with Crippen molar-refractivity contribution in [2.45, 2.75) is 27.2 Å². The van der Waals surface area contributed by atoms with Crippen LogP contribution in [0, 0.1) is 5.92 Å². The number of carbonyl (C=O) groups excluding carboxylic acids is 3. The number of rotatable bonds is 10. The highest BCUT2D eigenvalue weighted by Gasteiger charge is 2.15. The Morgan fingerprint density at radius 3 is 2.47 bits per heavy atom. The molecule has 30 heavy (non-hydrogen) atoms. The van der Waals surface area contributed by atoms with E-state index in [0.29, 0.717) is 48.7 Å². The van der Waals surface area contributed by atoms with Crippen molar-refractivity contribution < 1.29 is 19.1 Å². The summed E-state index contributed by atoms with van der Waals surface area (Å²) in [4.78, 5) is 37.1. The molecule has 0 saturated heterocycles. The highest BCUT2D eigenvalue weighted by Crippen LogP contribution is 2.18. The van der Waals surface area contributed by atoms with Gasteiger partial charge in [0.05, 0.1) is 11.3 Å². The van der Waals surface area contributed by atoms with Crippen molar-refractivity contribution in [3.63, 3.8) is 0 Å². The minimum atomic E-state index is -0.368. The van der Waals surface area contributed by atoms with Gasteiger partial charge in [-0.15, -0.1) is 0 Å². The highest BCUT2D eigenvalue weighted by molar-refractivity contribution is 6.09. The monoisotopic (exact) mass is 411 g/mol. The van der Waals surface area contributed by atoms with Gasteiger partial charge < -0.3 is 20.7 Å². The molecular formula is C23H29N3O4. The van der Waals surface area contributed by atoms with Gasteiger partial charge in [-0.25, -0.2) is 0 Å². The third-order valence-corrected chi connectivity index (χ3v) is 4.29. The number of para-hydroxylation sites is 1. The molecule has 0 aliphatic rings. The first kappa shape index (κ1) is 23.1. The van der Waals surface area contributed by atoms with Gasteiger partial charge in [-0.1, -0.05) is 32.0 Å². The van der Waals surface area contributed by atoms with Crippen LogP contribution in [0.25, 0.3) is 0 Å². The molecular weight excluding hydrogens is 382 g/mol. The van der Waals surface area contributed by atoms with E-state index < -0.39 is 0 Å². The van der Waals surface area contributed by atoms with E-state index in [4.69, 9.17) is 4.74 Å². The molecule has 0 aliphatic carbocycles. The average Bonchev–Trinajstić information content (AvgIpc) is 2.74. The number of nitrogens with one attached hydrogen (secondary N) is 3. The number of amides is 3. The second-order valence-corrected chi connectivity index (χ2v) is 7.03. The SMILES string of the molecule is CCOCCCNC(=O)c1ccccc1NC(=O)c1cccc(NC(=O)C(C)C)c1. The predicted octanol–water partition coefficient (Wildman–Crippen LogP) is 3.69. The molecule has 7 nitrogen and oxygen atoms in total. The Morgan fingerprint density at radius 1 is 0.967 bits per heavy atom. The summed E-state index contributed by atoms with van der Waals surface area (Å²) in [6.07, 6.45) is 0.711. The van der Waals surface area contributed by atoms with Gasteiger partial charge in [0.1, 0.15) is 0 Å². The molecule has 7 heteroatoms. The highest BCUT2D eigenvalue weighted by atomic mass is 16.5. The Hall–Kier alpha value is -3.19. The average molecular weight is 412 g/mol. The Labute approximate surface area is 177 Å². The van der Waals surface area contributed by atoms with Crippen molar-refractivity contribution >= 4 is 29.1 Å². The summed E-state index contributed by atoms with van der Waals surface area (Å²) in [5.74, 6) is -0.923. The summed E-state index contributed by atoms with van der Waals surface area (Å²) in [5, 5.41) is 8.39. The second kappa shape index (κ2) is 11.7. The fraction of sp³-hybridized carbons (Fsp3) is 0.348. The first-order valence-electron chi connectivity index (χ1n) is 10.1. The first-order valence-corrected chi connectivity index (χ1v) is 10.1. The minimum Gasteiger partial charge on any atom is -0.382 e. The van der Waals surface area contributed by atoms with E-state index in [-0.39, 0.29) is 23.6 Å². The molecule has 3 amide bonds. The van der Waals surface area contributed by atoms with E-state index in [1.807, 2.05) is 6.92 Å². The molecule has 0 aromatic heterocycles. The number of benzene rings is 2. The lowest BCUT2D eigenvalue weighted by molar-refractivity contribution is -0.118. The normalized spacial score (nSPS) is 10.5. The topological polar surface area (TPSA) is 96.5 Å². The lowest BCUT2D eigenvalue weighted by Gasteiger charge is -2.12. The number of hydrogen-bond acceptors (Lipinski definition) is 4. The maximum Gasteiger partial charge on any atom is 0.255 e. The molecule has 2 aromatic rings. The fourth-order valence-corrected chi connectivity index (χ4v) is 2.63. The largest absolute Gasteiger partial charge is 0.382 e. The maximum atomic E-state index is 12.7. The smallest absolute Gasteiger partial charge is 0.255 e. The maximum absolute atomic E-state index is 12.7. The van der Waals surface area contributed by atoms with Crippen LogP contribution in [0.15, 0.2) is 48.5 Å². The minimum absolute atomic E-state index is 0.126. The number of ether oxygens (including phenoxy) is 1. The standard InChI is InChI=1S/C23H29N3O4/c1-4-30-14-8-13-24-23(29)19-11-5-6-12-20(19)26-22(28)17-9-7-10-18(15-17)25-21(27)16(2)3/h5-7,9-12,15-16H,4,8,13-14H2,1-3H3,(H,24,29)(H,25,27)(H,26,28). The lowest BCUT2D eigenvalue weighted by Crippen LogP contribution is -2.27. The zero-order valence-electron chi connectivity index (χ0n) is 17.7. The Bertz CT molecular complexity index is 880. The Kier molecular flexibility index (Phi) is 9.03. The van der Waals surface area contributed by atoms with Gasteiger partial charge in [0.2, 0.25) is 5.91 Å². The molecule has 0 bridgehead atoms. The third kappa shape index (κ3) is 7.00. The van der Waals surface area contributed by atoms with Crippen molar-refractivity contribution in [2.75, 3.05) is 30.4 Å². The molecule has 0 aliphatic heterocycles. The molecule has 0 radical (unpaired) electrons. The summed E-state index contributed by atoms with van der Waals surface area (Å²) in [7, 11) is 0. The Morgan fingerprint density at radius 2 is 1.73 bits per heavy atom. The number of hydrogen-bond donors (Lipinski definition) is 3. The van der Waals surface area contributed by atoms with Gasteiger partial charge in [-0.05, 0) is 43.7 Å². The van der Waals surface area contributed by atoms with Crippen molar-refractivity contribution in [1.29, 1.82) is 0 Å². The summed E-state index contributed by atoms with van der Waals surface area (Å²) < 4.78 is 5.26. The molecule has 0 heterocycles. The molecule has 2 rings (SSSR count). The van der Waals surface area contributed by atoms with Gasteiger partial charge in [0, 0.05) is 36.9 Å². The number of anilines is 2. The van der Waals surface area contributed by atoms with E-state index in [0.717, 1.165) is 0 Å². The van der Waals surface area contributed by atoms with Crippen molar-refractivity contribution in [3.8, 4) is 0 Å². The molecule has 0 spiro atoms. The van der Waals surface area contributed by atoms with Crippen LogP contribution in [0.4, 0.5) is 11.4 Å². The van der Waals surface area contributed by atoms with Crippen LogP contribution in [-0.2, 0) is 9.53 Å². The third-order valence-electron chi connectivity index (χ3n) is 4.29. The van der Waals surface area contributed by atoms with E-state index in [2.05, 4.69) is 16.0 Å². The summed E-state index contributed by atoms with van der Waals surface area (Å²) in [6.45, 7) is 7.23. The quantitative estimate of drug-likeness (QED) is 0.520. The second-order valence-electron chi connectivity index (χ2n) is 7.03. The van der Waals surface area contributed by atoms with Gasteiger partial charge in [0.25, 0.3) is 11.8 Å². The first-order chi connectivity index (χ1) is 14.4. The van der Waals surface area contributed by atoms with Crippen LogP contribution in [0.2, 0.25) is 0 Å². The predicted molar refractivity (Wildman–Crippen MR) is 118 cm³/mol. The van der Waals surface area contributed by atoms with Gasteiger partial charge in [-0.3, -0.25) is 14.4 Å². The van der Waals surface area contributed by atoms with Gasteiger partial charge >= 0.3 is 0 Å². The summed E-state index contributed by atoms with van der Waals surface area (Å²) in [5.41, 5.74) is 1.72. The van der Waals surface area contributed by atoms with E-state index in [1.165, 1.54) is 0 Å². The van der Waals surface area contributed by atoms with Gasteiger partial charge in [0.15, 0.2) is 0 Å². The van der Waals surface area contributed by atoms with Crippen LogP contribution < -0.4 is 16.0 Å². The van der Waals surface area contributed by atoms with Crippen LogP contribution >= 0.6 is 0 Å². The molecule has 3 N–H and O–H groups in total. The zero-order valence-corrected chi connectivity index (χ0v) is 17.7. The summed E-state index contributed by atoms with van der Waals surface area (Å²) in [6, 6.07) is 13.5. The molecule has 2 aromatic carbocycles. The Balaban J connectivity index is 2.05. The van der Waals surface area contributed by atoms with E-state index >= 15 is 0 Å². The van der Waals surface area contributed by atoms with Crippen LogP contribution in [0.1, 0.15) is 47.9 Å². The van der Waals surface area contributed by atoms with Crippen LogP contribution in [-0.4, -0.2) is 37.5 Å². The van der Waals surface area contributed by atoms with Crippen molar-refractivity contribution in [1.82, 2.24) is 5.32 Å². The molecule has 0 atom stereocenters. The van der Waals surface area contributed by atoms with Crippen molar-refractivity contribution in [3.05, 3.63) is 59.7 Å². The van der Waals surface area contributed by atoms with Crippen LogP contribution in [0.3, 0.4) is 0 Å². The fourth-order valence-electron chi connectivity index (χ4n) is 2.63. The lowest BCUT2D eigenvalue weighted by atomic mass is 10.1. The van der Waals surface area contributed by atoms with E-state index in [1.54, 1.807) is 62.4 Å².